The van der Waals surface area contributed by atoms with Crippen molar-refractivity contribution >= 4 is 38.5 Å². The van der Waals surface area contributed by atoms with Crippen molar-refractivity contribution in [2.75, 3.05) is 0 Å². The van der Waals surface area contributed by atoms with Gasteiger partial charge in [0.2, 0.25) is 0 Å². The van der Waals surface area contributed by atoms with Crippen LogP contribution < -0.4 is 0 Å². The van der Waals surface area contributed by atoms with E-state index in [1.807, 2.05) is 27.7 Å². The van der Waals surface area contributed by atoms with Gasteiger partial charge >= 0.3 is 0 Å². The van der Waals surface area contributed by atoms with Gasteiger partial charge in [-0.15, -0.1) is 27.7 Å². The highest BCUT2D eigenvalue weighted by Crippen LogP contribution is 2.26. The predicted molar refractivity (Wildman–Crippen MR) is 107 cm³/mol. The fraction of sp³-hybridized carbons (Fsp3) is 0.412. The molecular formula is C17H29P3. The summed E-state index contributed by atoms with van der Waals surface area (Å²) in [6, 6.07) is 11.4. The van der Waals surface area contributed by atoms with Crippen LogP contribution in [0.15, 0.2) is 30.3 Å². The van der Waals surface area contributed by atoms with Crippen LogP contribution in [0.5, 0.6) is 0 Å². The average molecular weight is 326 g/mol. The molecular weight excluding hydrogens is 297 g/mol. The molecule has 3 unspecified atom stereocenters. The van der Waals surface area contributed by atoms with E-state index in [4.69, 9.17) is 0 Å². The Morgan fingerprint density at radius 1 is 0.700 bits per heavy atom. The minimum atomic E-state index is 1.02. The highest BCUT2D eigenvalue weighted by molar-refractivity contribution is 7.15. The first-order valence-electron chi connectivity index (χ1n) is 7.43. The molecule has 112 valence electrons. The third kappa shape index (κ3) is 5.41. The molecule has 3 heteroatoms. The van der Waals surface area contributed by atoms with Crippen LogP contribution in [0.1, 0.15) is 44.4 Å². The van der Waals surface area contributed by atoms with Gasteiger partial charge in [0.15, 0.2) is 0 Å². The Morgan fingerprint density at radius 3 is 1.75 bits per heavy atom. The van der Waals surface area contributed by atoms with E-state index in [2.05, 4.69) is 58.1 Å². The summed E-state index contributed by atoms with van der Waals surface area (Å²) in [5.74, 6) is 0. The summed E-state index contributed by atoms with van der Waals surface area (Å²) >= 11 is 0. The molecule has 0 heterocycles. The molecule has 20 heavy (non-hydrogen) atoms. The first-order valence-corrected chi connectivity index (χ1v) is 9.88. The Bertz CT molecular complexity index is 502. The second-order valence-corrected chi connectivity index (χ2v) is 5.15. The maximum absolute atomic E-state index is 2.82. The second kappa shape index (κ2) is 11.6. The molecule has 2 aromatic carbocycles. The smallest absolute Gasteiger partial charge is 0.0122 e. The molecule has 0 fully saturated rings. The zero-order chi connectivity index (χ0) is 15.5. The van der Waals surface area contributed by atoms with Crippen LogP contribution in [0.4, 0.5) is 0 Å². The van der Waals surface area contributed by atoms with Crippen LogP contribution in [-0.2, 0) is 18.5 Å². The maximum Gasteiger partial charge on any atom is -0.0122 e. The Balaban J connectivity index is 0.000000829. The molecule has 0 aliphatic carbocycles. The van der Waals surface area contributed by atoms with E-state index in [9.17, 15) is 0 Å². The number of hydrogen-bond acceptors (Lipinski definition) is 0. The normalized spacial score (nSPS) is 9.35. The molecule has 3 atom stereocenters. The molecule has 0 aromatic heterocycles. The van der Waals surface area contributed by atoms with Gasteiger partial charge in [0.25, 0.3) is 0 Å². The Labute approximate surface area is 132 Å². The standard InChI is InChI=1S/C13H17P3.2C2H6/c14-6-9-1-2-13-11(3-9)4-10(7-15)5-12(13)8-16;2*1-2/h1-5H,6-8,14-16H2;2*1-2H3. The second-order valence-electron chi connectivity index (χ2n) is 3.92. The molecule has 0 nitrogen and oxygen atoms in total. The highest BCUT2D eigenvalue weighted by atomic mass is 31.0. The van der Waals surface area contributed by atoms with Crippen molar-refractivity contribution < 1.29 is 0 Å². The molecule has 2 rings (SSSR count). The summed E-state index contributed by atoms with van der Waals surface area (Å²) in [4.78, 5) is 0. The molecule has 0 aliphatic heterocycles. The van der Waals surface area contributed by atoms with E-state index < -0.39 is 0 Å². The number of hydrogen-bond donors (Lipinski definition) is 0. The predicted octanol–water partition coefficient (Wildman–Crippen LogP) is 6.02. The minimum absolute atomic E-state index is 1.02. The zero-order valence-corrected chi connectivity index (χ0v) is 16.7. The van der Waals surface area contributed by atoms with Gasteiger partial charge in [-0.3, -0.25) is 0 Å². The Hall–Kier alpha value is -0.0100. The molecule has 0 saturated carbocycles. The van der Waals surface area contributed by atoms with Crippen molar-refractivity contribution in [3.8, 4) is 0 Å². The summed E-state index contributed by atoms with van der Waals surface area (Å²) < 4.78 is 0. The Kier molecular flexibility index (Phi) is 11.6. The summed E-state index contributed by atoms with van der Waals surface area (Å²) in [5.41, 5.74) is 4.21. The van der Waals surface area contributed by atoms with E-state index in [-0.39, 0.29) is 0 Å². The van der Waals surface area contributed by atoms with Crippen LogP contribution in [0.3, 0.4) is 0 Å². The van der Waals surface area contributed by atoms with E-state index in [0.29, 0.717) is 0 Å². The van der Waals surface area contributed by atoms with E-state index in [0.717, 1.165) is 18.5 Å². The van der Waals surface area contributed by atoms with Crippen LogP contribution in [0.2, 0.25) is 0 Å². The molecule has 0 saturated heterocycles. The molecule has 2 aromatic rings. The maximum atomic E-state index is 2.82. The van der Waals surface area contributed by atoms with Gasteiger partial charge in [-0.25, -0.2) is 0 Å². The van der Waals surface area contributed by atoms with E-state index in [1.54, 1.807) is 0 Å². The third-order valence-electron chi connectivity index (χ3n) is 2.85. The Morgan fingerprint density at radius 2 is 1.25 bits per heavy atom. The minimum Gasteiger partial charge on any atom is -0.133 e. The zero-order valence-electron chi connectivity index (χ0n) is 13.2. The molecule has 0 N–H and O–H groups in total. The SMILES string of the molecule is CC.CC.PCc1ccc2c(CP)cc(CP)cc2c1. The van der Waals surface area contributed by atoms with Gasteiger partial charge in [-0.2, -0.15) is 0 Å². The van der Waals surface area contributed by atoms with Crippen molar-refractivity contribution in [3.63, 3.8) is 0 Å². The lowest BCUT2D eigenvalue weighted by molar-refractivity contribution is 1.36. The highest BCUT2D eigenvalue weighted by Gasteiger charge is 2.03. The molecule has 0 bridgehead atoms. The average Bonchev–Trinajstić information content (AvgIpc) is 2.56. The van der Waals surface area contributed by atoms with Crippen molar-refractivity contribution in [2.24, 2.45) is 0 Å². The van der Waals surface area contributed by atoms with Gasteiger partial charge < -0.3 is 0 Å². The van der Waals surface area contributed by atoms with Crippen molar-refractivity contribution in [1.82, 2.24) is 0 Å². The topological polar surface area (TPSA) is 0 Å². The number of benzene rings is 2. The van der Waals surface area contributed by atoms with Gasteiger partial charge in [0.1, 0.15) is 0 Å². The lowest BCUT2D eigenvalue weighted by atomic mass is 10.0. The van der Waals surface area contributed by atoms with Crippen LogP contribution >= 0.6 is 27.7 Å². The summed E-state index contributed by atoms with van der Waals surface area (Å²) in [6.07, 6.45) is 3.07. The molecule has 0 aliphatic rings. The van der Waals surface area contributed by atoms with E-state index >= 15 is 0 Å². The van der Waals surface area contributed by atoms with Gasteiger partial charge in [0.05, 0.1) is 0 Å². The summed E-state index contributed by atoms with van der Waals surface area (Å²) in [6.45, 7) is 8.00. The first-order chi connectivity index (χ1) is 9.78. The van der Waals surface area contributed by atoms with Gasteiger partial charge in [-0.05, 0) is 45.9 Å². The lowest BCUT2D eigenvalue weighted by Gasteiger charge is -2.09. The van der Waals surface area contributed by atoms with Crippen molar-refractivity contribution in [3.05, 3.63) is 47.0 Å². The third-order valence-corrected chi connectivity index (χ3v) is 4.24. The number of rotatable bonds is 3. The molecule has 0 spiro atoms. The quantitative estimate of drug-likeness (QED) is 0.605. The van der Waals surface area contributed by atoms with Gasteiger partial charge in [-0.1, -0.05) is 58.0 Å². The monoisotopic (exact) mass is 326 g/mol. The van der Waals surface area contributed by atoms with Gasteiger partial charge in [0, 0.05) is 0 Å². The lowest BCUT2D eigenvalue weighted by Crippen LogP contribution is -1.88. The van der Waals surface area contributed by atoms with Crippen molar-refractivity contribution in [2.45, 2.75) is 46.2 Å². The number of fused-ring (bicyclic) bond motifs is 1. The van der Waals surface area contributed by atoms with Crippen LogP contribution in [0.25, 0.3) is 10.8 Å². The van der Waals surface area contributed by atoms with Crippen LogP contribution in [-0.4, -0.2) is 0 Å². The molecule has 0 amide bonds. The van der Waals surface area contributed by atoms with Crippen LogP contribution in [0, 0.1) is 0 Å². The van der Waals surface area contributed by atoms with E-state index in [1.165, 1.54) is 27.5 Å². The molecule has 0 radical (unpaired) electrons. The first kappa shape index (κ1) is 20.0. The fourth-order valence-electron chi connectivity index (χ4n) is 1.98. The summed E-state index contributed by atoms with van der Waals surface area (Å²) in [5, 5.41) is 2.76. The van der Waals surface area contributed by atoms with Crippen molar-refractivity contribution in [1.29, 1.82) is 0 Å². The fourth-order valence-corrected chi connectivity index (χ4v) is 2.81. The summed E-state index contributed by atoms with van der Waals surface area (Å²) in [7, 11) is 8.41. The largest absolute Gasteiger partial charge is 0.133 e.